The van der Waals surface area contributed by atoms with Crippen molar-refractivity contribution in [2.75, 3.05) is 20.6 Å². The van der Waals surface area contributed by atoms with Crippen LogP contribution in [0.15, 0.2) is 0 Å². The van der Waals surface area contributed by atoms with Gasteiger partial charge in [0.05, 0.1) is 0 Å². The van der Waals surface area contributed by atoms with Crippen molar-refractivity contribution in [3.05, 3.63) is 0 Å². The van der Waals surface area contributed by atoms with E-state index in [0.29, 0.717) is 0 Å². The molecule has 3 heteroatoms. The average molecular weight is 294 g/mol. The molecule has 0 heterocycles. The van der Waals surface area contributed by atoms with Crippen LogP contribution >= 0.6 is 0 Å². The number of nitrogens with zero attached hydrogens (tertiary/aromatic N) is 2. The molecule has 0 saturated carbocycles. The zero-order valence-electron chi connectivity index (χ0n) is 15.3. The smallest absolute Gasteiger partial charge is 0.281 e. The van der Waals surface area contributed by atoms with E-state index in [0.717, 1.165) is 4.39 Å². The first kappa shape index (κ1) is 20.5. The third-order valence-electron chi connectivity index (χ3n) is 4.64. The summed E-state index contributed by atoms with van der Waals surface area (Å²) in [6, 6.07) is 0. The number of unbranched alkanes of at least 4 members (excludes halogenated alkanes) is 12. The van der Waals surface area contributed by atoms with Gasteiger partial charge in [-0.05, 0) is 12.8 Å². The van der Waals surface area contributed by atoms with Crippen molar-refractivity contribution in [3.63, 3.8) is 0 Å². The van der Waals surface area contributed by atoms with Crippen LogP contribution < -0.4 is 0 Å². The summed E-state index contributed by atoms with van der Waals surface area (Å²) in [4.78, 5) is 0. The number of nitriles is 1. The van der Waals surface area contributed by atoms with Gasteiger partial charge in [0.1, 0.15) is 0 Å². The Morgan fingerprint density at radius 3 is 1.48 bits per heavy atom. The van der Waals surface area contributed by atoms with E-state index in [1.807, 2.05) is 0 Å². The summed E-state index contributed by atoms with van der Waals surface area (Å²) in [7, 11) is 3.98. The van der Waals surface area contributed by atoms with E-state index in [-0.39, 0.29) is 0 Å². The van der Waals surface area contributed by atoms with Gasteiger partial charge in [-0.25, -0.2) is 5.26 Å². The molecule has 0 aromatic rings. The lowest BCUT2D eigenvalue weighted by Crippen LogP contribution is -2.43. The molecule has 0 fully saturated rings. The highest BCUT2D eigenvalue weighted by molar-refractivity contribution is 6.36. The molecule has 0 unspecified atom stereocenters. The molecule has 0 atom stereocenters. The van der Waals surface area contributed by atoms with Gasteiger partial charge >= 0.3 is 0 Å². The van der Waals surface area contributed by atoms with E-state index in [1.165, 1.54) is 90.0 Å². The fourth-order valence-corrected chi connectivity index (χ4v) is 2.99. The zero-order valence-corrected chi connectivity index (χ0v) is 15.3. The standard InChI is InChI=1S/C18H39BN2/c1-4-5-6-7-8-9-10-11-12-13-14-15-16-17-21(2,3)19-18-20/h4-17,19H2,1-3H3. The summed E-state index contributed by atoms with van der Waals surface area (Å²) in [6.07, 6.45) is 18.4. The normalized spacial score (nSPS) is 11.5. The van der Waals surface area contributed by atoms with Crippen LogP contribution in [0.4, 0.5) is 0 Å². The molecule has 2 nitrogen and oxygen atoms in total. The minimum atomic E-state index is -0.448. The van der Waals surface area contributed by atoms with E-state index in [9.17, 15) is 0 Å². The zero-order chi connectivity index (χ0) is 15.8. The van der Waals surface area contributed by atoms with Gasteiger partial charge in [0, 0.05) is 20.6 Å². The van der Waals surface area contributed by atoms with Crippen LogP contribution in [0.3, 0.4) is 0 Å². The highest BCUT2D eigenvalue weighted by Crippen LogP contribution is 2.12. The quantitative estimate of drug-likeness (QED) is 0.317. The fourth-order valence-electron chi connectivity index (χ4n) is 2.99. The Hall–Kier alpha value is -0.485. The number of hydrogen-bond acceptors (Lipinski definition) is 1. The van der Waals surface area contributed by atoms with Gasteiger partial charge in [-0.3, -0.25) is 0 Å². The van der Waals surface area contributed by atoms with Gasteiger partial charge in [-0.15, -0.1) is 0 Å². The first-order valence-corrected chi connectivity index (χ1v) is 9.59. The Balaban J connectivity index is 3.14. The van der Waals surface area contributed by atoms with Crippen LogP contribution in [0.25, 0.3) is 0 Å². The van der Waals surface area contributed by atoms with E-state index in [1.54, 1.807) is 0 Å². The van der Waals surface area contributed by atoms with Crippen LogP contribution in [0.5, 0.6) is 0 Å². The van der Waals surface area contributed by atoms with Gasteiger partial charge in [0.15, 0.2) is 0 Å². The van der Waals surface area contributed by atoms with Crippen molar-refractivity contribution < 1.29 is 4.39 Å². The summed E-state index contributed by atoms with van der Waals surface area (Å²) in [5.41, 5.74) is 0. The second kappa shape index (κ2) is 14.5. The van der Waals surface area contributed by atoms with Gasteiger partial charge in [-0.1, -0.05) is 83.5 Å². The molecule has 0 N–H and O–H groups in total. The summed E-state index contributed by atoms with van der Waals surface area (Å²) in [6.45, 7) is 3.48. The molecule has 0 aliphatic rings. The van der Waals surface area contributed by atoms with Crippen molar-refractivity contribution >= 4 is 7.41 Å². The fraction of sp³-hybridized carbons (Fsp3) is 0.944. The van der Waals surface area contributed by atoms with Crippen LogP contribution in [-0.2, 0) is 0 Å². The summed E-state index contributed by atoms with van der Waals surface area (Å²) in [5, 5.41) is 8.80. The Morgan fingerprint density at radius 1 is 0.714 bits per heavy atom. The molecule has 0 aliphatic heterocycles. The molecule has 0 spiro atoms. The summed E-state index contributed by atoms with van der Waals surface area (Å²) >= 11 is 0. The highest BCUT2D eigenvalue weighted by Gasteiger charge is 2.06. The first-order valence-electron chi connectivity index (χ1n) is 9.59. The molecule has 0 bridgehead atoms. The Morgan fingerprint density at radius 2 is 1.10 bits per heavy atom. The minimum absolute atomic E-state index is 0.448. The lowest BCUT2D eigenvalue weighted by molar-refractivity contribution is -0.777. The lowest BCUT2D eigenvalue weighted by atomic mass is 9.91. The second-order valence-corrected chi connectivity index (χ2v) is 7.70. The van der Waals surface area contributed by atoms with E-state index >= 15 is 0 Å². The lowest BCUT2D eigenvalue weighted by Gasteiger charge is -2.36. The van der Waals surface area contributed by atoms with E-state index in [4.69, 9.17) is 5.26 Å². The third kappa shape index (κ3) is 15.7. The molecule has 21 heavy (non-hydrogen) atoms. The first-order chi connectivity index (χ1) is 10.1. The van der Waals surface area contributed by atoms with Crippen LogP contribution in [-0.4, -0.2) is 32.4 Å². The maximum Gasteiger partial charge on any atom is 0.281 e. The SMILES string of the molecule is CCCCCCCCCCCCCCC[N+](C)(C)[BH2-]C#N. The molecule has 0 amide bonds. The Kier molecular flexibility index (Phi) is 14.1. The van der Waals surface area contributed by atoms with Crippen molar-refractivity contribution in [1.29, 1.82) is 5.26 Å². The van der Waals surface area contributed by atoms with Crippen LogP contribution in [0, 0.1) is 11.2 Å². The minimum Gasteiger partial charge on any atom is -0.513 e. The molecule has 0 saturated heterocycles. The maximum absolute atomic E-state index is 8.80. The monoisotopic (exact) mass is 294 g/mol. The Labute approximate surface area is 134 Å². The van der Waals surface area contributed by atoms with Crippen molar-refractivity contribution in [2.45, 2.75) is 90.4 Å². The third-order valence-corrected chi connectivity index (χ3v) is 4.64. The molecule has 0 aromatic heterocycles. The largest absolute Gasteiger partial charge is 0.513 e. The van der Waals surface area contributed by atoms with Gasteiger partial charge in [-0.2, -0.15) is 0 Å². The molecule has 124 valence electrons. The molecule has 0 aromatic carbocycles. The van der Waals surface area contributed by atoms with Gasteiger partial charge in [0.25, 0.3) is 7.41 Å². The highest BCUT2D eigenvalue weighted by atomic mass is 15.2. The summed E-state index contributed by atoms with van der Waals surface area (Å²) in [5.74, 6) is 2.40. The summed E-state index contributed by atoms with van der Waals surface area (Å²) < 4.78 is 0.981. The predicted octanol–water partition coefficient (Wildman–Crippen LogP) is 4.72. The average Bonchev–Trinajstić information content (AvgIpc) is 2.44. The van der Waals surface area contributed by atoms with Gasteiger partial charge < -0.3 is 4.39 Å². The van der Waals surface area contributed by atoms with Gasteiger partial charge in [0.2, 0.25) is 0 Å². The Bertz CT molecular complexity index is 258. The number of hydrogen-bond donors (Lipinski definition) is 0. The predicted molar refractivity (Wildman–Crippen MR) is 96.8 cm³/mol. The van der Waals surface area contributed by atoms with Crippen LogP contribution in [0.2, 0.25) is 0 Å². The van der Waals surface area contributed by atoms with E-state index < -0.39 is 7.41 Å². The second-order valence-electron chi connectivity index (χ2n) is 7.70. The van der Waals surface area contributed by atoms with E-state index in [2.05, 4.69) is 27.0 Å². The topological polar surface area (TPSA) is 23.8 Å². The molecule has 0 radical (unpaired) electrons. The van der Waals surface area contributed by atoms with Crippen LogP contribution in [0.1, 0.15) is 90.4 Å². The van der Waals surface area contributed by atoms with Crippen molar-refractivity contribution in [3.8, 4) is 5.97 Å². The molecular formula is C18H39BN2. The molecule has 0 rings (SSSR count). The van der Waals surface area contributed by atoms with Crippen molar-refractivity contribution in [1.82, 2.24) is 0 Å². The molecule has 0 aliphatic carbocycles. The number of rotatable bonds is 15. The number of quaternary nitrogens is 1. The maximum atomic E-state index is 8.80. The molecular weight excluding hydrogens is 255 g/mol. The van der Waals surface area contributed by atoms with Crippen molar-refractivity contribution in [2.24, 2.45) is 0 Å².